The number of nitrogens with zero attached hydrogens (tertiary/aromatic N) is 1. The Balaban J connectivity index is 2.11. The third kappa shape index (κ3) is 3.32. The van der Waals surface area contributed by atoms with E-state index in [-0.39, 0.29) is 5.91 Å². The molecule has 0 radical (unpaired) electrons. The summed E-state index contributed by atoms with van der Waals surface area (Å²) < 4.78 is 5.29. The minimum atomic E-state index is -0.796. The van der Waals surface area contributed by atoms with Gasteiger partial charge in [0.1, 0.15) is 0 Å². The van der Waals surface area contributed by atoms with Crippen molar-refractivity contribution >= 4 is 17.5 Å². The summed E-state index contributed by atoms with van der Waals surface area (Å²) in [6.07, 6.45) is 1.15. The van der Waals surface area contributed by atoms with E-state index in [9.17, 15) is 4.79 Å². The van der Waals surface area contributed by atoms with Gasteiger partial charge < -0.3 is 15.4 Å². The van der Waals surface area contributed by atoms with Gasteiger partial charge in [-0.2, -0.15) is 0 Å². The summed E-state index contributed by atoms with van der Waals surface area (Å²) in [4.78, 5) is 14.4. The summed E-state index contributed by atoms with van der Waals surface area (Å²) in [5, 5.41) is 0.678. The highest BCUT2D eigenvalue weighted by Gasteiger charge is 2.38. The van der Waals surface area contributed by atoms with E-state index >= 15 is 0 Å². The molecule has 1 aromatic rings. The summed E-state index contributed by atoms with van der Waals surface area (Å²) in [6, 6.07) is 7.58. The molecule has 1 aromatic carbocycles. The normalized spacial score (nSPS) is 17.8. The zero-order chi connectivity index (χ0) is 14.6. The molecule has 0 spiro atoms. The maximum absolute atomic E-state index is 12.7. The number of amides is 1. The Hall–Kier alpha value is -1.10. The predicted molar refractivity (Wildman–Crippen MR) is 79.5 cm³/mol. The Kier molecular flexibility index (Phi) is 5.02. The van der Waals surface area contributed by atoms with Gasteiger partial charge >= 0.3 is 0 Å². The molecule has 1 heterocycles. The van der Waals surface area contributed by atoms with E-state index in [0.29, 0.717) is 44.2 Å². The van der Waals surface area contributed by atoms with Gasteiger partial charge in [-0.1, -0.05) is 29.8 Å². The molecule has 1 saturated heterocycles. The number of halogens is 1. The highest BCUT2D eigenvalue weighted by molar-refractivity contribution is 6.31. The number of ether oxygens (including phenoxy) is 1. The smallest absolute Gasteiger partial charge is 0.243 e. The van der Waals surface area contributed by atoms with Gasteiger partial charge in [-0.25, -0.2) is 0 Å². The van der Waals surface area contributed by atoms with Gasteiger partial charge in [0.2, 0.25) is 5.91 Å². The first kappa shape index (κ1) is 15.3. The summed E-state index contributed by atoms with van der Waals surface area (Å²) >= 11 is 6.16. The van der Waals surface area contributed by atoms with E-state index in [1.54, 1.807) is 4.90 Å². The molecule has 5 heteroatoms. The quantitative estimate of drug-likeness (QED) is 0.927. The van der Waals surface area contributed by atoms with Gasteiger partial charge in [0, 0.05) is 31.3 Å². The molecule has 0 saturated carbocycles. The monoisotopic (exact) mass is 296 g/mol. The number of nitrogens with two attached hydrogens (primary N) is 1. The van der Waals surface area contributed by atoms with Crippen molar-refractivity contribution < 1.29 is 9.53 Å². The van der Waals surface area contributed by atoms with Crippen molar-refractivity contribution in [3.8, 4) is 0 Å². The largest absolute Gasteiger partial charge is 0.381 e. The molecular weight excluding hydrogens is 276 g/mol. The van der Waals surface area contributed by atoms with Crippen LogP contribution in [0.2, 0.25) is 5.02 Å². The highest BCUT2D eigenvalue weighted by Crippen LogP contribution is 2.23. The number of hydrogen-bond donors (Lipinski definition) is 1. The molecule has 1 fully saturated rings. The van der Waals surface area contributed by atoms with Crippen molar-refractivity contribution in [2.75, 3.05) is 19.8 Å². The molecule has 0 unspecified atom stereocenters. The zero-order valence-electron chi connectivity index (χ0n) is 11.8. The first-order valence-corrected chi connectivity index (χ1v) is 7.34. The first-order chi connectivity index (χ1) is 9.57. The third-order valence-corrected chi connectivity index (χ3v) is 4.17. The number of benzene rings is 1. The maximum Gasteiger partial charge on any atom is 0.243 e. The van der Waals surface area contributed by atoms with E-state index in [0.717, 1.165) is 5.56 Å². The van der Waals surface area contributed by atoms with Gasteiger partial charge in [0.05, 0.1) is 5.54 Å². The molecule has 110 valence electrons. The van der Waals surface area contributed by atoms with Crippen molar-refractivity contribution in [3.05, 3.63) is 34.9 Å². The van der Waals surface area contributed by atoms with Crippen LogP contribution in [-0.2, 0) is 16.1 Å². The van der Waals surface area contributed by atoms with Gasteiger partial charge in [-0.05, 0) is 31.4 Å². The molecule has 1 aliphatic rings. The fourth-order valence-electron chi connectivity index (χ4n) is 2.42. The van der Waals surface area contributed by atoms with Crippen LogP contribution in [0.15, 0.2) is 24.3 Å². The van der Waals surface area contributed by atoms with Gasteiger partial charge in [0.15, 0.2) is 0 Å². The van der Waals surface area contributed by atoms with Gasteiger partial charge in [-0.3, -0.25) is 4.79 Å². The second-order valence-electron chi connectivity index (χ2n) is 5.18. The van der Waals surface area contributed by atoms with Gasteiger partial charge in [0.25, 0.3) is 0 Å². The fraction of sp³-hybridized carbons (Fsp3) is 0.533. The van der Waals surface area contributed by atoms with E-state index < -0.39 is 5.54 Å². The van der Waals surface area contributed by atoms with Crippen LogP contribution in [0.4, 0.5) is 0 Å². The second-order valence-corrected chi connectivity index (χ2v) is 5.59. The van der Waals surface area contributed by atoms with Crippen LogP contribution < -0.4 is 5.73 Å². The van der Waals surface area contributed by atoms with Crippen LogP contribution in [0, 0.1) is 0 Å². The zero-order valence-corrected chi connectivity index (χ0v) is 12.5. The molecule has 0 aromatic heterocycles. The lowest BCUT2D eigenvalue weighted by Gasteiger charge is -2.36. The topological polar surface area (TPSA) is 55.6 Å². The molecule has 2 N–H and O–H groups in total. The average molecular weight is 297 g/mol. The van der Waals surface area contributed by atoms with E-state index in [1.807, 2.05) is 31.2 Å². The molecule has 0 atom stereocenters. The number of likely N-dealkylation sites (N-methyl/N-ethyl adjacent to an activating group) is 1. The highest BCUT2D eigenvalue weighted by atomic mass is 35.5. The molecule has 20 heavy (non-hydrogen) atoms. The van der Waals surface area contributed by atoms with Crippen molar-refractivity contribution in [1.29, 1.82) is 0 Å². The molecule has 4 nitrogen and oxygen atoms in total. The lowest BCUT2D eigenvalue weighted by atomic mass is 9.89. The Morgan fingerprint density at radius 3 is 2.65 bits per heavy atom. The number of rotatable bonds is 4. The van der Waals surface area contributed by atoms with Crippen LogP contribution in [0.25, 0.3) is 0 Å². The van der Waals surface area contributed by atoms with Crippen molar-refractivity contribution in [2.24, 2.45) is 5.73 Å². The molecule has 1 amide bonds. The molecule has 0 aliphatic carbocycles. The Labute approximate surface area is 124 Å². The Bertz CT molecular complexity index is 473. The second kappa shape index (κ2) is 6.57. The number of carbonyl (C=O) groups excluding carboxylic acids is 1. The fourth-order valence-corrected chi connectivity index (χ4v) is 2.62. The minimum absolute atomic E-state index is 0.0109. The van der Waals surface area contributed by atoms with Crippen LogP contribution in [-0.4, -0.2) is 36.1 Å². The average Bonchev–Trinajstić information content (AvgIpc) is 2.46. The van der Waals surface area contributed by atoms with Crippen molar-refractivity contribution in [2.45, 2.75) is 31.8 Å². The number of carbonyl (C=O) groups is 1. The molecule has 0 bridgehead atoms. The summed E-state index contributed by atoms with van der Waals surface area (Å²) in [5.74, 6) is -0.0109. The summed E-state index contributed by atoms with van der Waals surface area (Å²) in [7, 11) is 0. The molecule has 2 rings (SSSR count). The lowest BCUT2D eigenvalue weighted by molar-refractivity contribution is -0.141. The summed E-state index contributed by atoms with van der Waals surface area (Å²) in [6.45, 7) is 4.16. The third-order valence-electron chi connectivity index (χ3n) is 3.80. The van der Waals surface area contributed by atoms with Crippen molar-refractivity contribution in [1.82, 2.24) is 4.90 Å². The van der Waals surface area contributed by atoms with E-state index in [4.69, 9.17) is 22.1 Å². The Morgan fingerprint density at radius 1 is 1.40 bits per heavy atom. The van der Waals surface area contributed by atoms with E-state index in [1.165, 1.54) is 0 Å². The Morgan fingerprint density at radius 2 is 2.05 bits per heavy atom. The summed E-state index contributed by atoms with van der Waals surface area (Å²) in [5.41, 5.74) is 6.41. The number of hydrogen-bond acceptors (Lipinski definition) is 3. The van der Waals surface area contributed by atoms with Crippen molar-refractivity contribution in [3.63, 3.8) is 0 Å². The predicted octanol–water partition coefficient (Wildman–Crippen LogP) is 2.20. The van der Waals surface area contributed by atoms with Crippen LogP contribution in [0.5, 0.6) is 0 Å². The van der Waals surface area contributed by atoms with Crippen LogP contribution in [0.3, 0.4) is 0 Å². The SMILES string of the molecule is CCN(Cc1ccccc1Cl)C(=O)C1(N)CCOCC1. The minimum Gasteiger partial charge on any atom is -0.381 e. The lowest BCUT2D eigenvalue weighted by Crippen LogP contribution is -2.57. The molecular formula is C15H21ClN2O2. The van der Waals surface area contributed by atoms with Crippen LogP contribution >= 0.6 is 11.6 Å². The van der Waals surface area contributed by atoms with Gasteiger partial charge in [-0.15, -0.1) is 0 Å². The first-order valence-electron chi connectivity index (χ1n) is 6.96. The van der Waals surface area contributed by atoms with E-state index in [2.05, 4.69) is 0 Å². The maximum atomic E-state index is 12.7. The van der Waals surface area contributed by atoms with Crippen LogP contribution in [0.1, 0.15) is 25.3 Å². The standard InChI is InChI=1S/C15H21ClN2O2/c1-2-18(11-12-5-3-4-6-13(12)16)14(19)15(17)7-9-20-10-8-15/h3-6H,2,7-11,17H2,1H3. The molecule has 1 aliphatic heterocycles.